The Hall–Kier alpha value is -2.93. The SMILES string of the molecule is COc1ccccc1CN(CC1CCCO1)C(=O)c1ccc(C(=O)O)nc1. The molecule has 1 unspecified atom stereocenters. The number of nitrogens with zero attached hydrogens (tertiary/aromatic N) is 2. The van der Waals surface area contributed by atoms with Gasteiger partial charge in [0.15, 0.2) is 0 Å². The third-order valence-corrected chi connectivity index (χ3v) is 4.52. The largest absolute Gasteiger partial charge is 0.496 e. The number of carboxylic acids is 1. The molecule has 0 radical (unpaired) electrons. The quantitative estimate of drug-likeness (QED) is 0.806. The number of para-hydroxylation sites is 1. The standard InChI is InChI=1S/C20H22N2O5/c1-26-18-7-3-2-5-15(18)12-22(13-16-6-4-10-27-16)19(23)14-8-9-17(20(24)25)21-11-14/h2-3,5,7-9,11,16H,4,6,10,12-13H2,1H3,(H,24,25). The molecular formula is C20H22N2O5. The summed E-state index contributed by atoms with van der Waals surface area (Å²) in [5.74, 6) is -0.637. The van der Waals surface area contributed by atoms with E-state index in [1.165, 1.54) is 18.3 Å². The third kappa shape index (κ3) is 4.62. The Labute approximate surface area is 157 Å². The van der Waals surface area contributed by atoms with Crippen molar-refractivity contribution >= 4 is 11.9 Å². The van der Waals surface area contributed by atoms with Gasteiger partial charge in [0.05, 0.1) is 18.8 Å². The predicted octanol–water partition coefficient (Wildman–Crippen LogP) is 2.61. The van der Waals surface area contributed by atoms with Crippen LogP contribution in [0.2, 0.25) is 0 Å². The highest BCUT2D eigenvalue weighted by atomic mass is 16.5. The lowest BCUT2D eigenvalue weighted by atomic mass is 10.1. The number of ether oxygens (including phenoxy) is 2. The minimum atomic E-state index is -1.13. The highest BCUT2D eigenvalue weighted by molar-refractivity contribution is 5.95. The highest BCUT2D eigenvalue weighted by Gasteiger charge is 2.25. The summed E-state index contributed by atoms with van der Waals surface area (Å²) in [6.45, 7) is 1.52. The van der Waals surface area contributed by atoms with Crippen molar-refractivity contribution in [3.8, 4) is 5.75 Å². The Balaban J connectivity index is 1.83. The summed E-state index contributed by atoms with van der Waals surface area (Å²) in [4.78, 5) is 29.6. The van der Waals surface area contributed by atoms with Gasteiger partial charge in [-0.15, -0.1) is 0 Å². The third-order valence-electron chi connectivity index (χ3n) is 4.52. The van der Waals surface area contributed by atoms with Gasteiger partial charge in [-0.25, -0.2) is 9.78 Å². The van der Waals surface area contributed by atoms with Crippen LogP contribution in [0.5, 0.6) is 5.75 Å². The van der Waals surface area contributed by atoms with Crippen molar-refractivity contribution in [2.45, 2.75) is 25.5 Å². The molecule has 0 bridgehead atoms. The summed E-state index contributed by atoms with van der Waals surface area (Å²) in [5.41, 5.74) is 1.14. The van der Waals surface area contributed by atoms with E-state index in [1.54, 1.807) is 12.0 Å². The molecule has 7 heteroatoms. The molecule has 27 heavy (non-hydrogen) atoms. The molecule has 0 spiro atoms. The summed E-state index contributed by atoms with van der Waals surface area (Å²) in [7, 11) is 1.60. The van der Waals surface area contributed by atoms with Crippen LogP contribution in [-0.2, 0) is 11.3 Å². The second-order valence-electron chi connectivity index (χ2n) is 6.37. The van der Waals surface area contributed by atoms with E-state index < -0.39 is 5.97 Å². The van der Waals surface area contributed by atoms with Crippen molar-refractivity contribution in [2.24, 2.45) is 0 Å². The van der Waals surface area contributed by atoms with Crippen LogP contribution in [0.25, 0.3) is 0 Å². The molecule has 0 aliphatic carbocycles. The first-order valence-electron chi connectivity index (χ1n) is 8.80. The minimum Gasteiger partial charge on any atom is -0.496 e. The molecule has 1 aromatic heterocycles. The Morgan fingerprint density at radius 2 is 2.11 bits per heavy atom. The monoisotopic (exact) mass is 370 g/mol. The maximum absolute atomic E-state index is 13.1. The zero-order valence-electron chi connectivity index (χ0n) is 15.1. The number of hydrogen-bond donors (Lipinski definition) is 1. The van der Waals surface area contributed by atoms with E-state index >= 15 is 0 Å². The van der Waals surface area contributed by atoms with Crippen LogP contribution in [0.4, 0.5) is 0 Å². The fourth-order valence-corrected chi connectivity index (χ4v) is 3.12. The summed E-state index contributed by atoms with van der Waals surface area (Å²) in [5, 5.41) is 8.98. The van der Waals surface area contributed by atoms with Crippen molar-refractivity contribution in [3.05, 3.63) is 59.4 Å². The number of carboxylic acid groups (broad SMARTS) is 1. The Bertz CT molecular complexity index is 800. The fraction of sp³-hybridized carbons (Fsp3) is 0.350. The molecule has 1 atom stereocenters. The Morgan fingerprint density at radius 3 is 2.74 bits per heavy atom. The Kier molecular flexibility index (Phi) is 6.03. The molecule has 1 aliphatic heterocycles. The second-order valence-corrected chi connectivity index (χ2v) is 6.37. The first-order valence-corrected chi connectivity index (χ1v) is 8.80. The van der Waals surface area contributed by atoms with Gasteiger partial charge in [0.1, 0.15) is 11.4 Å². The highest BCUT2D eigenvalue weighted by Crippen LogP contribution is 2.22. The number of hydrogen-bond acceptors (Lipinski definition) is 5. The molecule has 2 aromatic rings. The summed E-state index contributed by atoms with van der Waals surface area (Å²) >= 11 is 0. The zero-order chi connectivity index (χ0) is 19.2. The topological polar surface area (TPSA) is 89.0 Å². The van der Waals surface area contributed by atoms with Gasteiger partial charge in [0, 0.05) is 31.5 Å². The number of carbonyl (C=O) groups is 2. The molecule has 1 aliphatic rings. The van der Waals surface area contributed by atoms with Crippen molar-refractivity contribution in [3.63, 3.8) is 0 Å². The lowest BCUT2D eigenvalue weighted by Gasteiger charge is -2.26. The first-order chi connectivity index (χ1) is 13.1. The van der Waals surface area contributed by atoms with Crippen LogP contribution in [0.15, 0.2) is 42.6 Å². The van der Waals surface area contributed by atoms with Crippen LogP contribution >= 0.6 is 0 Å². The predicted molar refractivity (Wildman–Crippen MR) is 97.9 cm³/mol. The molecule has 1 N–H and O–H groups in total. The molecule has 1 fully saturated rings. The van der Waals surface area contributed by atoms with E-state index in [9.17, 15) is 9.59 Å². The number of rotatable bonds is 7. The summed E-state index contributed by atoms with van der Waals surface area (Å²) < 4.78 is 11.1. The van der Waals surface area contributed by atoms with Gasteiger partial charge in [0.2, 0.25) is 0 Å². The number of methoxy groups -OCH3 is 1. The van der Waals surface area contributed by atoms with Crippen LogP contribution < -0.4 is 4.74 Å². The minimum absolute atomic E-state index is 0.00471. The molecule has 3 rings (SSSR count). The molecule has 1 saturated heterocycles. The van der Waals surface area contributed by atoms with E-state index in [4.69, 9.17) is 14.6 Å². The van der Waals surface area contributed by atoms with E-state index in [1.807, 2.05) is 24.3 Å². The van der Waals surface area contributed by atoms with E-state index in [-0.39, 0.29) is 17.7 Å². The van der Waals surface area contributed by atoms with Crippen molar-refractivity contribution in [1.29, 1.82) is 0 Å². The average Bonchev–Trinajstić information content (AvgIpc) is 3.20. The van der Waals surface area contributed by atoms with Crippen LogP contribution in [0, 0.1) is 0 Å². The van der Waals surface area contributed by atoms with Crippen LogP contribution in [0.3, 0.4) is 0 Å². The molecule has 1 aromatic carbocycles. The van der Waals surface area contributed by atoms with E-state index in [0.29, 0.717) is 31.0 Å². The fourth-order valence-electron chi connectivity index (χ4n) is 3.12. The summed E-state index contributed by atoms with van der Waals surface area (Å²) in [6, 6.07) is 10.4. The van der Waals surface area contributed by atoms with Gasteiger partial charge in [-0.2, -0.15) is 0 Å². The van der Waals surface area contributed by atoms with Gasteiger partial charge in [-0.3, -0.25) is 4.79 Å². The van der Waals surface area contributed by atoms with Crippen LogP contribution in [-0.4, -0.2) is 53.2 Å². The van der Waals surface area contributed by atoms with E-state index in [0.717, 1.165) is 18.4 Å². The Morgan fingerprint density at radius 1 is 1.30 bits per heavy atom. The zero-order valence-corrected chi connectivity index (χ0v) is 15.1. The number of amides is 1. The molecule has 142 valence electrons. The van der Waals surface area contributed by atoms with Gasteiger partial charge >= 0.3 is 5.97 Å². The van der Waals surface area contributed by atoms with Crippen molar-refractivity contribution < 1.29 is 24.2 Å². The number of aromatic nitrogens is 1. The normalized spacial score (nSPS) is 16.1. The number of aromatic carboxylic acids is 1. The maximum Gasteiger partial charge on any atom is 0.354 e. The number of pyridine rings is 1. The average molecular weight is 370 g/mol. The van der Waals surface area contributed by atoms with Gasteiger partial charge in [0.25, 0.3) is 5.91 Å². The van der Waals surface area contributed by atoms with Gasteiger partial charge in [-0.1, -0.05) is 18.2 Å². The first kappa shape index (κ1) is 18.8. The van der Waals surface area contributed by atoms with Crippen molar-refractivity contribution in [1.82, 2.24) is 9.88 Å². The van der Waals surface area contributed by atoms with Gasteiger partial charge < -0.3 is 19.5 Å². The molecule has 2 heterocycles. The maximum atomic E-state index is 13.1. The lowest BCUT2D eigenvalue weighted by molar-refractivity contribution is 0.0505. The summed E-state index contributed by atoms with van der Waals surface area (Å²) in [6.07, 6.45) is 3.19. The molecular weight excluding hydrogens is 348 g/mol. The number of carbonyl (C=O) groups excluding carboxylic acids is 1. The van der Waals surface area contributed by atoms with Crippen LogP contribution in [0.1, 0.15) is 39.3 Å². The van der Waals surface area contributed by atoms with E-state index in [2.05, 4.69) is 4.98 Å². The van der Waals surface area contributed by atoms with Crippen molar-refractivity contribution in [2.75, 3.05) is 20.3 Å². The second kappa shape index (κ2) is 8.64. The lowest BCUT2D eigenvalue weighted by Crippen LogP contribution is -2.37. The number of benzene rings is 1. The molecule has 0 saturated carbocycles. The molecule has 1 amide bonds. The smallest absolute Gasteiger partial charge is 0.354 e. The van der Waals surface area contributed by atoms with Gasteiger partial charge in [-0.05, 0) is 31.0 Å². The molecule has 7 nitrogen and oxygen atoms in total.